The molecule has 0 spiro atoms. The van der Waals surface area contributed by atoms with E-state index >= 15 is 0 Å². The number of piperidine rings is 1. The van der Waals surface area contributed by atoms with E-state index in [0.717, 1.165) is 6.92 Å². The average molecular weight is 406 g/mol. The van der Waals surface area contributed by atoms with Crippen molar-refractivity contribution in [2.24, 2.45) is 0 Å². The van der Waals surface area contributed by atoms with Crippen LogP contribution in [0.5, 0.6) is 0 Å². The fourth-order valence-electron chi connectivity index (χ4n) is 3.43. The Hall–Kier alpha value is -2.51. The quantitative estimate of drug-likeness (QED) is 0.725. The highest BCUT2D eigenvalue weighted by Crippen LogP contribution is 2.32. The van der Waals surface area contributed by atoms with E-state index in [2.05, 4.69) is 10.1 Å². The van der Waals surface area contributed by atoms with Crippen LogP contribution in [0.25, 0.3) is 11.4 Å². The van der Waals surface area contributed by atoms with Gasteiger partial charge in [0.05, 0.1) is 6.04 Å². The van der Waals surface area contributed by atoms with Gasteiger partial charge in [-0.25, -0.2) is 23.2 Å². The number of hydrogen-bond acceptors (Lipinski definition) is 4. The molecule has 1 aromatic carbocycles. The Morgan fingerprint density at radius 3 is 2.41 bits per heavy atom. The standard InChI is InChI=1S/C21H28F2N4O2/c1-14-24-18(15-7-6-8-16(13-15)21(5,22)23)27(25-14)17-9-11-26(12-10-17)19(28)29-20(2,3)4/h6-8,13,17H,9-12H2,1-5H3. The topological polar surface area (TPSA) is 60.2 Å². The molecule has 0 N–H and O–H groups in total. The van der Waals surface area contributed by atoms with Gasteiger partial charge in [0.2, 0.25) is 0 Å². The predicted molar refractivity (Wildman–Crippen MR) is 106 cm³/mol. The molecule has 158 valence electrons. The van der Waals surface area contributed by atoms with E-state index in [0.29, 0.717) is 43.1 Å². The van der Waals surface area contributed by atoms with Crippen molar-refractivity contribution in [3.8, 4) is 11.4 Å². The van der Waals surface area contributed by atoms with Crippen LogP contribution in [-0.4, -0.2) is 44.4 Å². The molecular formula is C21H28F2N4O2. The maximum atomic E-state index is 13.8. The lowest BCUT2D eigenvalue weighted by molar-refractivity contribution is 0.0172. The molecule has 0 radical (unpaired) electrons. The van der Waals surface area contributed by atoms with Crippen molar-refractivity contribution in [2.75, 3.05) is 13.1 Å². The maximum Gasteiger partial charge on any atom is 0.410 e. The lowest BCUT2D eigenvalue weighted by atomic mass is 10.0. The first kappa shape index (κ1) is 21.2. The van der Waals surface area contributed by atoms with Crippen LogP contribution < -0.4 is 0 Å². The van der Waals surface area contributed by atoms with Crippen molar-refractivity contribution in [3.63, 3.8) is 0 Å². The van der Waals surface area contributed by atoms with Gasteiger partial charge < -0.3 is 9.64 Å². The highest BCUT2D eigenvalue weighted by atomic mass is 19.3. The first-order valence-corrected chi connectivity index (χ1v) is 9.84. The van der Waals surface area contributed by atoms with Crippen LogP contribution in [-0.2, 0) is 10.7 Å². The average Bonchev–Trinajstić information content (AvgIpc) is 3.02. The Bertz CT molecular complexity index is 876. The number of carbonyl (C=O) groups excluding carboxylic acids is 1. The molecule has 1 amide bonds. The molecule has 8 heteroatoms. The van der Waals surface area contributed by atoms with Crippen molar-refractivity contribution < 1.29 is 18.3 Å². The number of benzene rings is 1. The van der Waals surface area contributed by atoms with Gasteiger partial charge in [0.1, 0.15) is 11.4 Å². The Kier molecular flexibility index (Phi) is 5.65. The molecule has 0 atom stereocenters. The molecule has 1 aliphatic heterocycles. The number of likely N-dealkylation sites (tertiary alicyclic amines) is 1. The van der Waals surface area contributed by atoms with E-state index in [-0.39, 0.29) is 17.7 Å². The van der Waals surface area contributed by atoms with Gasteiger partial charge in [-0.15, -0.1) is 0 Å². The summed E-state index contributed by atoms with van der Waals surface area (Å²) >= 11 is 0. The van der Waals surface area contributed by atoms with Crippen LogP contribution in [0.15, 0.2) is 24.3 Å². The van der Waals surface area contributed by atoms with Gasteiger partial charge in [-0.3, -0.25) is 0 Å². The Balaban J connectivity index is 1.78. The van der Waals surface area contributed by atoms with Crippen molar-refractivity contribution in [3.05, 3.63) is 35.7 Å². The van der Waals surface area contributed by atoms with Gasteiger partial charge in [-0.2, -0.15) is 5.10 Å². The first-order chi connectivity index (χ1) is 13.4. The zero-order valence-corrected chi connectivity index (χ0v) is 17.6. The summed E-state index contributed by atoms with van der Waals surface area (Å²) < 4.78 is 34.8. The van der Waals surface area contributed by atoms with Crippen LogP contribution in [0.4, 0.5) is 13.6 Å². The molecule has 1 aromatic heterocycles. The maximum absolute atomic E-state index is 13.8. The first-order valence-electron chi connectivity index (χ1n) is 9.84. The van der Waals surface area contributed by atoms with Gasteiger partial charge in [0, 0.05) is 31.1 Å². The van der Waals surface area contributed by atoms with Gasteiger partial charge in [0.15, 0.2) is 5.82 Å². The summed E-state index contributed by atoms with van der Waals surface area (Å²) in [6.07, 6.45) is 1.07. The van der Waals surface area contributed by atoms with Crippen LogP contribution >= 0.6 is 0 Å². The molecule has 0 aliphatic carbocycles. The molecule has 2 heterocycles. The molecule has 0 bridgehead atoms. The zero-order valence-electron chi connectivity index (χ0n) is 17.6. The third-order valence-corrected chi connectivity index (χ3v) is 4.83. The summed E-state index contributed by atoms with van der Waals surface area (Å²) in [5, 5.41) is 4.52. The Morgan fingerprint density at radius 1 is 1.17 bits per heavy atom. The highest BCUT2D eigenvalue weighted by molar-refractivity contribution is 5.68. The molecule has 3 rings (SSSR count). The Morgan fingerprint density at radius 2 is 1.83 bits per heavy atom. The van der Waals surface area contributed by atoms with Crippen LogP contribution in [0.1, 0.15) is 58.0 Å². The van der Waals surface area contributed by atoms with Gasteiger partial charge >= 0.3 is 6.09 Å². The molecule has 6 nitrogen and oxygen atoms in total. The molecule has 1 fully saturated rings. The second-order valence-corrected chi connectivity index (χ2v) is 8.59. The van der Waals surface area contributed by atoms with E-state index in [1.54, 1.807) is 24.0 Å². The van der Waals surface area contributed by atoms with E-state index in [1.165, 1.54) is 12.1 Å². The normalized spacial score (nSPS) is 16.2. The van der Waals surface area contributed by atoms with E-state index in [4.69, 9.17) is 4.74 Å². The van der Waals surface area contributed by atoms with Crippen molar-refractivity contribution in [1.82, 2.24) is 19.7 Å². The largest absolute Gasteiger partial charge is 0.444 e. The van der Waals surface area contributed by atoms with Crippen LogP contribution in [0.3, 0.4) is 0 Å². The molecule has 0 unspecified atom stereocenters. The molecule has 2 aromatic rings. The molecule has 29 heavy (non-hydrogen) atoms. The molecule has 1 saturated heterocycles. The third kappa shape index (κ3) is 5.10. The minimum absolute atomic E-state index is 0.0377. The summed E-state index contributed by atoms with van der Waals surface area (Å²) in [4.78, 5) is 18.5. The summed E-state index contributed by atoms with van der Waals surface area (Å²) in [6.45, 7) is 9.29. The molecule has 1 aliphatic rings. The third-order valence-electron chi connectivity index (χ3n) is 4.83. The summed E-state index contributed by atoms with van der Waals surface area (Å²) in [7, 11) is 0. The lowest BCUT2D eigenvalue weighted by Crippen LogP contribution is -2.42. The van der Waals surface area contributed by atoms with Gasteiger partial charge in [-0.05, 0) is 46.6 Å². The van der Waals surface area contributed by atoms with Crippen molar-refractivity contribution in [2.45, 2.75) is 65.0 Å². The fraction of sp³-hybridized carbons (Fsp3) is 0.571. The summed E-state index contributed by atoms with van der Waals surface area (Å²) in [5.74, 6) is -1.76. The van der Waals surface area contributed by atoms with Crippen LogP contribution in [0.2, 0.25) is 0 Å². The van der Waals surface area contributed by atoms with E-state index in [9.17, 15) is 13.6 Å². The fourth-order valence-corrected chi connectivity index (χ4v) is 3.43. The number of carbonyl (C=O) groups is 1. The number of aryl methyl sites for hydroxylation is 1. The predicted octanol–water partition coefficient (Wildman–Crippen LogP) is 4.94. The molecule has 0 saturated carbocycles. The lowest BCUT2D eigenvalue weighted by Gasteiger charge is -2.33. The van der Waals surface area contributed by atoms with Crippen molar-refractivity contribution >= 4 is 6.09 Å². The second kappa shape index (κ2) is 7.72. The van der Waals surface area contributed by atoms with Crippen molar-refractivity contribution in [1.29, 1.82) is 0 Å². The number of hydrogen-bond donors (Lipinski definition) is 0. The Labute approximate surface area is 169 Å². The number of nitrogens with zero attached hydrogens (tertiary/aromatic N) is 4. The van der Waals surface area contributed by atoms with Crippen LogP contribution in [0, 0.1) is 6.92 Å². The molecular weight excluding hydrogens is 378 g/mol. The number of halogens is 2. The number of amides is 1. The summed E-state index contributed by atoms with van der Waals surface area (Å²) in [5.41, 5.74) is 0.0253. The van der Waals surface area contributed by atoms with E-state index in [1.807, 2.05) is 25.5 Å². The number of aromatic nitrogens is 3. The second-order valence-electron chi connectivity index (χ2n) is 8.59. The minimum atomic E-state index is -2.92. The minimum Gasteiger partial charge on any atom is -0.444 e. The van der Waals surface area contributed by atoms with Gasteiger partial charge in [0.25, 0.3) is 5.92 Å². The number of alkyl halides is 2. The summed E-state index contributed by atoms with van der Waals surface area (Å²) in [6, 6.07) is 6.30. The van der Waals surface area contributed by atoms with Gasteiger partial charge in [-0.1, -0.05) is 18.2 Å². The number of ether oxygens (including phenoxy) is 1. The smallest absolute Gasteiger partial charge is 0.410 e. The monoisotopic (exact) mass is 406 g/mol. The number of rotatable bonds is 3. The zero-order chi connectivity index (χ0) is 21.4. The van der Waals surface area contributed by atoms with E-state index < -0.39 is 11.5 Å². The SMILES string of the molecule is Cc1nc(-c2cccc(C(C)(F)F)c2)n(C2CCN(C(=O)OC(C)(C)C)CC2)n1. The highest BCUT2D eigenvalue weighted by Gasteiger charge is 2.30.